The number of hydrogen-bond acceptors (Lipinski definition) is 7. The van der Waals surface area contributed by atoms with Crippen molar-refractivity contribution in [3.63, 3.8) is 0 Å². The number of quaternary nitrogens is 1. The highest BCUT2D eigenvalue weighted by Crippen LogP contribution is 2.22. The number of carbonyl (C=O) groups excluding carboxylic acids is 2. The summed E-state index contributed by atoms with van der Waals surface area (Å²) in [5, 5.41) is 9.79. The first-order valence-electron chi connectivity index (χ1n) is 45.9. The molecule has 2 atom stereocenters. The smallest absolute Gasteiger partial charge is 0.361 e. The van der Waals surface area contributed by atoms with Crippen LogP contribution in [0.5, 0.6) is 0 Å². The highest BCUT2D eigenvalue weighted by molar-refractivity contribution is 5.71. The monoisotopic (exact) mass is 1430 g/mol. The topological polar surface area (TPSA) is 108 Å². The van der Waals surface area contributed by atoms with Gasteiger partial charge < -0.3 is 28.5 Å². The predicted octanol–water partition coefficient (Wildman–Crippen LogP) is 29.8. The van der Waals surface area contributed by atoms with Crippen molar-refractivity contribution in [2.75, 3.05) is 47.5 Å². The minimum Gasteiger partial charge on any atom is -0.477 e. The van der Waals surface area contributed by atoms with E-state index in [2.05, 4.69) is 26.0 Å². The predicted molar refractivity (Wildman–Crippen MR) is 438 cm³/mol. The lowest BCUT2D eigenvalue weighted by molar-refractivity contribution is -0.870. The van der Waals surface area contributed by atoms with Gasteiger partial charge in [-0.15, -0.1) is 0 Å². The van der Waals surface area contributed by atoms with E-state index in [4.69, 9.17) is 18.9 Å². The van der Waals surface area contributed by atoms with Crippen LogP contribution >= 0.6 is 0 Å². The minimum absolute atomic E-state index is 0.172. The number of hydrogen-bond donors (Lipinski definition) is 1. The van der Waals surface area contributed by atoms with Crippen LogP contribution in [0.15, 0.2) is 12.2 Å². The van der Waals surface area contributed by atoms with Crippen LogP contribution in [0.3, 0.4) is 0 Å². The maximum atomic E-state index is 13.0. The van der Waals surface area contributed by atoms with Crippen LogP contribution in [0.2, 0.25) is 0 Å². The Morgan fingerprint density at radius 1 is 0.287 bits per heavy atom. The van der Waals surface area contributed by atoms with E-state index in [9.17, 15) is 19.5 Å². The summed E-state index contributed by atoms with van der Waals surface area (Å²) in [6, 6.07) is 0. The molecule has 9 nitrogen and oxygen atoms in total. The number of carboxylic acid groups (broad SMARTS) is 1. The van der Waals surface area contributed by atoms with Crippen molar-refractivity contribution >= 4 is 17.9 Å². The molecular weight excluding hydrogens is 1250 g/mol. The second-order valence-corrected chi connectivity index (χ2v) is 33.0. The molecular formula is C92H180NO8+. The molecule has 600 valence electrons. The summed E-state index contributed by atoms with van der Waals surface area (Å²) in [5.74, 6) is -1.96. The molecule has 2 unspecified atom stereocenters. The Bertz CT molecular complexity index is 1660. The highest BCUT2D eigenvalue weighted by atomic mass is 16.7. The van der Waals surface area contributed by atoms with E-state index in [1.807, 2.05) is 21.1 Å². The SMILES string of the molecule is CCCCCCCCCC/C=C\CCCCCCCCCCCCCCCCCCCCCCCCCC(=O)OC(COC(=O)CCCCCCCCCCCCCCCCCCCCCCCCCCCCCCCCCCCCCCCCCCC)COC(OCC[N+](C)(C)C)C(=O)O. The zero-order valence-corrected chi connectivity index (χ0v) is 69.1. The lowest BCUT2D eigenvalue weighted by atomic mass is 10.0. The number of likely N-dealkylation sites (N-methyl/N-ethyl adjacent to an activating group) is 1. The van der Waals surface area contributed by atoms with Gasteiger partial charge in [-0.05, 0) is 38.5 Å². The molecule has 0 bridgehead atoms. The maximum absolute atomic E-state index is 13.0. The first kappa shape index (κ1) is 99.0. The van der Waals surface area contributed by atoms with E-state index in [-0.39, 0.29) is 38.2 Å². The van der Waals surface area contributed by atoms with Gasteiger partial charge in [-0.3, -0.25) is 9.59 Å². The van der Waals surface area contributed by atoms with Crippen LogP contribution in [0.25, 0.3) is 0 Å². The lowest BCUT2D eigenvalue weighted by Crippen LogP contribution is -2.40. The molecule has 0 aliphatic carbocycles. The molecule has 0 rings (SSSR count). The van der Waals surface area contributed by atoms with Gasteiger partial charge in [0.1, 0.15) is 13.2 Å². The van der Waals surface area contributed by atoms with Crippen LogP contribution in [0, 0.1) is 0 Å². The van der Waals surface area contributed by atoms with E-state index in [1.165, 1.54) is 437 Å². The molecule has 0 aliphatic heterocycles. The third-order valence-electron chi connectivity index (χ3n) is 21.5. The van der Waals surface area contributed by atoms with Gasteiger partial charge in [-0.1, -0.05) is 463 Å². The number of esters is 2. The van der Waals surface area contributed by atoms with Gasteiger partial charge >= 0.3 is 17.9 Å². The van der Waals surface area contributed by atoms with Crippen molar-refractivity contribution in [2.24, 2.45) is 0 Å². The third kappa shape index (κ3) is 85.2. The Hall–Kier alpha value is -1.97. The summed E-state index contributed by atoms with van der Waals surface area (Å²) in [7, 11) is 6.01. The maximum Gasteiger partial charge on any atom is 0.361 e. The Kier molecular flexibility index (Phi) is 82.0. The second kappa shape index (κ2) is 83.7. The van der Waals surface area contributed by atoms with Crippen molar-refractivity contribution < 1.29 is 42.9 Å². The molecule has 0 amide bonds. The number of carbonyl (C=O) groups is 3. The van der Waals surface area contributed by atoms with Crippen LogP contribution in [-0.2, 0) is 33.3 Å². The summed E-state index contributed by atoms with van der Waals surface area (Å²) in [6.45, 7) is 4.99. The van der Waals surface area contributed by atoms with Crippen LogP contribution in [0.1, 0.15) is 502 Å². The first-order valence-corrected chi connectivity index (χ1v) is 45.9. The standard InChI is InChI=1S/C92H179NO8/c1-6-8-10-12-14-16-18-20-22-24-26-28-30-32-34-36-38-40-42-43-44-45-46-47-49-50-52-54-56-58-60-62-64-66-68-70-72-74-76-78-80-82-89(94)99-86-88(87-100-92(91(96)97)98-85-84-93(3,4)5)101-90(95)83-81-79-77-75-73-71-69-67-65-63-61-59-57-55-53-51-48-41-39-37-35-33-31-29-27-25-23-21-19-17-15-13-11-9-7-2/h25,27,88,92H,6-24,26,28-87H2,1-5H3/p+1/b27-25-. The summed E-state index contributed by atoms with van der Waals surface area (Å²) in [5.41, 5.74) is 0. The fraction of sp³-hybridized carbons (Fsp3) is 0.946. The van der Waals surface area contributed by atoms with Gasteiger partial charge in [0.15, 0.2) is 6.10 Å². The summed E-state index contributed by atoms with van der Waals surface area (Å²) < 4.78 is 23.1. The molecule has 0 saturated carbocycles. The molecule has 0 heterocycles. The van der Waals surface area contributed by atoms with Crippen molar-refractivity contribution in [2.45, 2.75) is 514 Å². The van der Waals surface area contributed by atoms with Gasteiger partial charge in [0.2, 0.25) is 0 Å². The van der Waals surface area contributed by atoms with Crippen molar-refractivity contribution in [1.29, 1.82) is 0 Å². The van der Waals surface area contributed by atoms with Gasteiger partial charge in [0.05, 0.1) is 34.4 Å². The lowest BCUT2D eigenvalue weighted by Gasteiger charge is -2.25. The largest absolute Gasteiger partial charge is 0.477 e. The molecule has 9 heteroatoms. The van der Waals surface area contributed by atoms with Gasteiger partial charge in [-0.2, -0.15) is 0 Å². The van der Waals surface area contributed by atoms with Crippen LogP contribution < -0.4 is 0 Å². The zero-order valence-electron chi connectivity index (χ0n) is 69.1. The molecule has 0 aromatic rings. The van der Waals surface area contributed by atoms with Crippen molar-refractivity contribution in [3.05, 3.63) is 12.2 Å². The molecule has 0 saturated heterocycles. The molecule has 0 radical (unpaired) electrons. The normalized spacial score (nSPS) is 12.5. The third-order valence-corrected chi connectivity index (χ3v) is 21.5. The number of aliphatic carboxylic acids is 1. The Labute approximate surface area is 631 Å². The molecule has 0 aromatic heterocycles. The first-order chi connectivity index (χ1) is 49.6. The Morgan fingerprint density at radius 3 is 0.733 bits per heavy atom. The van der Waals surface area contributed by atoms with E-state index < -0.39 is 18.4 Å². The summed E-state index contributed by atoms with van der Waals surface area (Å²) >= 11 is 0. The number of rotatable bonds is 88. The van der Waals surface area contributed by atoms with E-state index >= 15 is 0 Å². The molecule has 0 spiro atoms. The Morgan fingerprint density at radius 2 is 0.505 bits per heavy atom. The Balaban J connectivity index is 3.86. The van der Waals surface area contributed by atoms with Gasteiger partial charge in [0, 0.05) is 12.8 Å². The number of carboxylic acids is 1. The quantitative estimate of drug-likeness (QED) is 0.0211. The number of allylic oxidation sites excluding steroid dienone is 2. The number of unbranched alkanes of at least 4 members (excludes halogenated alkanes) is 71. The summed E-state index contributed by atoms with van der Waals surface area (Å²) in [6.07, 6.45) is 104. The second-order valence-electron chi connectivity index (χ2n) is 33.0. The molecule has 0 aliphatic rings. The van der Waals surface area contributed by atoms with E-state index in [1.54, 1.807) is 0 Å². The molecule has 0 fully saturated rings. The minimum atomic E-state index is -1.51. The van der Waals surface area contributed by atoms with Gasteiger partial charge in [0.25, 0.3) is 6.29 Å². The fourth-order valence-corrected chi connectivity index (χ4v) is 14.6. The fourth-order valence-electron chi connectivity index (χ4n) is 14.6. The van der Waals surface area contributed by atoms with Crippen LogP contribution in [0.4, 0.5) is 0 Å². The summed E-state index contributed by atoms with van der Waals surface area (Å²) in [4.78, 5) is 37.8. The molecule has 0 aromatic carbocycles. The zero-order chi connectivity index (χ0) is 73.2. The average molecular weight is 1430 g/mol. The van der Waals surface area contributed by atoms with Crippen LogP contribution in [-0.4, -0.2) is 87.4 Å². The molecule has 101 heavy (non-hydrogen) atoms. The van der Waals surface area contributed by atoms with Crippen molar-refractivity contribution in [1.82, 2.24) is 0 Å². The molecule has 1 N–H and O–H groups in total. The number of ether oxygens (including phenoxy) is 4. The number of nitrogens with zero attached hydrogens (tertiary/aromatic N) is 1. The average Bonchev–Trinajstić information content (AvgIpc) is 1.25. The highest BCUT2D eigenvalue weighted by Gasteiger charge is 2.25. The van der Waals surface area contributed by atoms with Gasteiger partial charge in [-0.25, -0.2) is 4.79 Å². The van der Waals surface area contributed by atoms with E-state index in [0.717, 1.165) is 38.5 Å². The van der Waals surface area contributed by atoms with Crippen molar-refractivity contribution in [3.8, 4) is 0 Å². The van der Waals surface area contributed by atoms with E-state index in [0.29, 0.717) is 17.4 Å².